The molecule has 246 valence electrons. The van der Waals surface area contributed by atoms with Crippen LogP contribution in [-0.2, 0) is 33.5 Å². The van der Waals surface area contributed by atoms with Crippen LogP contribution in [0.5, 0.6) is 0 Å². The Bertz CT molecular complexity index is 1670. The number of aromatic nitrogens is 2. The molecule has 1 fully saturated rings. The van der Waals surface area contributed by atoms with E-state index < -0.39 is 53.5 Å². The predicted molar refractivity (Wildman–Crippen MR) is 179 cm³/mol. The minimum absolute atomic E-state index is 0.0728. The molecule has 0 radical (unpaired) electrons. The zero-order chi connectivity index (χ0) is 33.7. The van der Waals surface area contributed by atoms with Gasteiger partial charge in [0, 0.05) is 22.2 Å². The van der Waals surface area contributed by atoms with Crippen molar-refractivity contribution in [3.8, 4) is 0 Å². The van der Waals surface area contributed by atoms with E-state index in [4.69, 9.17) is 20.0 Å². The Morgan fingerprint density at radius 2 is 1.74 bits per heavy atom. The molecule has 0 spiro atoms. The van der Waals surface area contributed by atoms with Crippen molar-refractivity contribution in [3.63, 3.8) is 0 Å². The highest BCUT2D eigenvalue weighted by Crippen LogP contribution is 2.44. The molecule has 3 aromatic rings. The number of nitrogen functional groups attached to an aromatic ring is 1. The van der Waals surface area contributed by atoms with Crippen LogP contribution < -0.4 is 11.1 Å². The summed E-state index contributed by atoms with van der Waals surface area (Å²) in [6.45, 7) is 4.52. The first-order valence-corrected chi connectivity index (χ1v) is 17.4. The zero-order valence-electron chi connectivity index (χ0n) is 25.9. The minimum Gasteiger partial charge on any atom is -0.457 e. The third-order valence-corrected chi connectivity index (χ3v) is 9.55. The lowest BCUT2D eigenvalue weighted by atomic mass is 10.0. The second kappa shape index (κ2) is 14.6. The number of fused-ring (bicyclic) bond motifs is 1. The van der Waals surface area contributed by atoms with Crippen LogP contribution in [0.4, 0.5) is 5.13 Å². The largest absolute Gasteiger partial charge is 0.457 e. The molecule has 0 bridgehead atoms. The average molecular weight is 697 g/mol. The van der Waals surface area contributed by atoms with Crippen molar-refractivity contribution in [2.24, 2.45) is 5.16 Å². The highest BCUT2D eigenvalue weighted by Gasteiger charge is 2.55. The smallest absolute Gasteiger partial charge is 0.356 e. The number of rotatable bonds is 11. The Labute approximate surface area is 283 Å². The van der Waals surface area contributed by atoms with Crippen molar-refractivity contribution in [2.45, 2.75) is 43.9 Å². The first kappa shape index (κ1) is 33.9. The number of hydrogen-bond donors (Lipinski definition) is 2. The normalized spacial score (nSPS) is 17.9. The van der Waals surface area contributed by atoms with Crippen molar-refractivity contribution in [1.29, 1.82) is 0 Å². The standard InChI is InChI=1S/C31H32N6O7S3/c1-31(2,3)44-20(38)15-42-35-21(25-34-30(32)47-36-25)26(39)33-22-27(40)37-23(19(45-4)16-46-28(22)37)29(41)43-24(17-11-7-5-8-12-17)18-13-9-6-10-14-18/h5-14,22,24,28H,15-16H2,1-4H3,(H,33,39)(H2,32,34,36)/b35-21+. The lowest BCUT2D eigenvalue weighted by molar-refractivity contribution is -0.160. The second-order valence-corrected chi connectivity index (χ2v) is 14.0. The van der Waals surface area contributed by atoms with E-state index in [0.717, 1.165) is 22.7 Å². The number of oxime groups is 1. The number of thioether (sulfide) groups is 2. The third-order valence-electron chi connectivity index (χ3n) is 6.72. The molecule has 3 heterocycles. The monoisotopic (exact) mass is 696 g/mol. The molecule has 2 amide bonds. The fraction of sp³-hybridized carbons (Fsp3) is 0.323. The van der Waals surface area contributed by atoms with Gasteiger partial charge >= 0.3 is 11.9 Å². The molecule has 2 atom stereocenters. The number of amides is 2. The summed E-state index contributed by atoms with van der Waals surface area (Å²) in [7, 11) is 0. The molecule has 2 unspecified atom stereocenters. The van der Waals surface area contributed by atoms with Crippen LogP contribution in [0.25, 0.3) is 0 Å². The Morgan fingerprint density at radius 1 is 1.11 bits per heavy atom. The molecule has 47 heavy (non-hydrogen) atoms. The van der Waals surface area contributed by atoms with Gasteiger partial charge < -0.3 is 25.4 Å². The number of esters is 2. The molecule has 2 aliphatic rings. The lowest BCUT2D eigenvalue weighted by Crippen LogP contribution is -2.71. The Morgan fingerprint density at radius 3 is 2.30 bits per heavy atom. The number of nitrogens with zero attached hydrogens (tertiary/aromatic N) is 4. The first-order chi connectivity index (χ1) is 22.5. The molecule has 0 saturated carbocycles. The van der Waals surface area contributed by atoms with Crippen molar-refractivity contribution in [1.82, 2.24) is 19.6 Å². The molecule has 16 heteroatoms. The summed E-state index contributed by atoms with van der Waals surface area (Å²) in [4.78, 5) is 64.1. The molecular formula is C31H32N6O7S3. The van der Waals surface area contributed by atoms with E-state index in [1.54, 1.807) is 20.8 Å². The number of β-lactam (4-membered cyclic amide) rings is 1. The van der Waals surface area contributed by atoms with Gasteiger partial charge in [0.05, 0.1) is 0 Å². The number of carbonyl (C=O) groups excluding carboxylic acids is 4. The van der Waals surface area contributed by atoms with Gasteiger partial charge in [-0.3, -0.25) is 14.5 Å². The molecule has 1 aromatic heterocycles. The highest BCUT2D eigenvalue weighted by atomic mass is 32.2. The molecule has 1 saturated heterocycles. The summed E-state index contributed by atoms with van der Waals surface area (Å²) < 4.78 is 15.3. The van der Waals surface area contributed by atoms with E-state index >= 15 is 0 Å². The van der Waals surface area contributed by atoms with Crippen LogP contribution in [0.1, 0.15) is 43.8 Å². The van der Waals surface area contributed by atoms with E-state index in [1.165, 1.54) is 28.4 Å². The molecular weight excluding hydrogens is 665 g/mol. The number of carbonyl (C=O) groups is 4. The summed E-state index contributed by atoms with van der Waals surface area (Å²) in [5.74, 6) is -2.43. The van der Waals surface area contributed by atoms with Crippen LogP contribution in [0.15, 0.2) is 76.4 Å². The molecule has 2 aromatic carbocycles. The van der Waals surface area contributed by atoms with E-state index in [9.17, 15) is 19.2 Å². The summed E-state index contributed by atoms with van der Waals surface area (Å²) in [5.41, 5.74) is 6.27. The minimum atomic E-state index is -1.01. The number of hydrogen-bond acceptors (Lipinski definition) is 14. The van der Waals surface area contributed by atoms with Gasteiger partial charge in [0.1, 0.15) is 22.7 Å². The lowest BCUT2D eigenvalue weighted by Gasteiger charge is -2.49. The average Bonchev–Trinajstić information content (AvgIpc) is 3.48. The Hall–Kier alpha value is -4.41. The second-order valence-electron chi connectivity index (χ2n) is 11.2. The van der Waals surface area contributed by atoms with Gasteiger partial charge in [-0.15, -0.1) is 23.5 Å². The van der Waals surface area contributed by atoms with Gasteiger partial charge in [0.25, 0.3) is 11.8 Å². The maximum atomic E-state index is 13.9. The van der Waals surface area contributed by atoms with Crippen molar-refractivity contribution >= 4 is 69.7 Å². The van der Waals surface area contributed by atoms with E-state index in [2.05, 4.69) is 19.8 Å². The van der Waals surface area contributed by atoms with Gasteiger partial charge in [0.2, 0.25) is 18.1 Å². The summed E-state index contributed by atoms with van der Waals surface area (Å²) in [6.07, 6.45) is 1.11. The van der Waals surface area contributed by atoms with Gasteiger partial charge in [-0.05, 0) is 38.2 Å². The Balaban J connectivity index is 1.33. The molecule has 2 aliphatic heterocycles. The summed E-state index contributed by atoms with van der Waals surface area (Å²) >= 11 is 3.58. The van der Waals surface area contributed by atoms with E-state index in [1.807, 2.05) is 66.9 Å². The molecule has 3 N–H and O–H groups in total. The third kappa shape index (κ3) is 7.94. The van der Waals surface area contributed by atoms with Crippen LogP contribution in [0.3, 0.4) is 0 Å². The van der Waals surface area contributed by atoms with Gasteiger partial charge in [0.15, 0.2) is 11.2 Å². The predicted octanol–water partition coefficient (Wildman–Crippen LogP) is 3.49. The van der Waals surface area contributed by atoms with Gasteiger partial charge in [-0.25, -0.2) is 9.59 Å². The number of benzene rings is 2. The van der Waals surface area contributed by atoms with Crippen LogP contribution in [-0.4, -0.2) is 79.4 Å². The highest BCUT2D eigenvalue weighted by molar-refractivity contribution is 8.05. The SMILES string of the molecule is CSC1=C(C(=O)OC(c2ccccc2)c2ccccc2)N2C(=O)C(NC(=O)/C(=N/OCC(=O)OC(C)(C)C)c3nsc(N)n3)C2SC1. The summed E-state index contributed by atoms with van der Waals surface area (Å²) in [6, 6.07) is 17.7. The number of ether oxygens (including phenoxy) is 2. The van der Waals surface area contributed by atoms with Crippen LogP contribution in [0.2, 0.25) is 0 Å². The molecule has 0 aliphatic carbocycles. The first-order valence-electron chi connectivity index (χ1n) is 14.3. The molecule has 13 nitrogen and oxygen atoms in total. The van der Waals surface area contributed by atoms with Gasteiger partial charge in [-0.2, -0.15) is 9.36 Å². The summed E-state index contributed by atoms with van der Waals surface area (Å²) in [5, 5.41) is 5.92. The van der Waals surface area contributed by atoms with Crippen LogP contribution in [0, 0.1) is 0 Å². The fourth-order valence-electron chi connectivity index (χ4n) is 4.73. The number of nitrogens with one attached hydrogen (secondary N) is 1. The topological polar surface area (TPSA) is 175 Å². The van der Waals surface area contributed by atoms with E-state index in [0.29, 0.717) is 10.7 Å². The van der Waals surface area contributed by atoms with Gasteiger partial charge in [-0.1, -0.05) is 65.8 Å². The zero-order valence-corrected chi connectivity index (χ0v) is 28.3. The van der Waals surface area contributed by atoms with Crippen molar-refractivity contribution in [2.75, 3.05) is 24.3 Å². The molecule has 5 rings (SSSR count). The number of anilines is 1. The maximum absolute atomic E-state index is 13.9. The van der Waals surface area contributed by atoms with E-state index in [-0.39, 0.29) is 22.4 Å². The maximum Gasteiger partial charge on any atom is 0.356 e. The van der Waals surface area contributed by atoms with Crippen LogP contribution >= 0.6 is 35.1 Å². The van der Waals surface area contributed by atoms with Crippen molar-refractivity contribution in [3.05, 3.63) is 88.2 Å². The number of nitrogens with two attached hydrogens (primary N) is 1. The quantitative estimate of drug-likeness (QED) is 0.129. The fourth-order valence-corrected chi connectivity index (χ4v) is 7.41. The van der Waals surface area contributed by atoms with Crippen molar-refractivity contribution < 1.29 is 33.5 Å². The Kier molecular flexibility index (Phi) is 10.5.